The van der Waals surface area contributed by atoms with Gasteiger partial charge in [-0.3, -0.25) is 14.4 Å². The molecular weight excluding hydrogens is 438 g/mol. The summed E-state index contributed by atoms with van der Waals surface area (Å²) in [5.41, 5.74) is -0.712. The van der Waals surface area contributed by atoms with Crippen molar-refractivity contribution < 1.29 is 33.4 Å². The van der Waals surface area contributed by atoms with E-state index in [2.05, 4.69) is 5.32 Å². The van der Waals surface area contributed by atoms with E-state index in [9.17, 15) is 19.2 Å². The van der Waals surface area contributed by atoms with E-state index < -0.39 is 47.0 Å². The van der Waals surface area contributed by atoms with Crippen LogP contribution in [0.2, 0.25) is 0 Å². The number of nitrogens with one attached hydrogen (secondary N) is 1. The second-order valence-electron chi connectivity index (χ2n) is 10.6. The van der Waals surface area contributed by atoms with Crippen LogP contribution in [0.4, 0.5) is 4.79 Å². The highest BCUT2D eigenvalue weighted by Crippen LogP contribution is 2.21. The molecule has 0 saturated carbocycles. The van der Waals surface area contributed by atoms with Crippen LogP contribution >= 0.6 is 0 Å². The molecule has 0 heterocycles. The van der Waals surface area contributed by atoms with Crippen LogP contribution in [0.25, 0.3) is 0 Å². The molecule has 0 saturated heterocycles. The Morgan fingerprint density at radius 2 is 1.41 bits per heavy atom. The smallest absolute Gasteiger partial charge is 0.408 e. The van der Waals surface area contributed by atoms with Crippen molar-refractivity contribution >= 4 is 23.8 Å². The Hall–Kier alpha value is -2.90. The first-order valence-corrected chi connectivity index (χ1v) is 11.5. The second kappa shape index (κ2) is 12.5. The van der Waals surface area contributed by atoms with Crippen LogP contribution in [0.5, 0.6) is 0 Å². The third kappa shape index (κ3) is 11.8. The van der Waals surface area contributed by atoms with Gasteiger partial charge in [-0.15, -0.1) is 0 Å². The molecule has 0 aliphatic heterocycles. The Kier molecular flexibility index (Phi) is 10.7. The predicted octanol–water partition coefficient (Wildman–Crippen LogP) is 4.59. The molecule has 34 heavy (non-hydrogen) atoms. The number of ketones is 1. The molecule has 0 unspecified atom stereocenters. The fraction of sp³-hybridized carbons (Fsp3) is 0.615. The van der Waals surface area contributed by atoms with Crippen LogP contribution in [0.1, 0.15) is 73.8 Å². The van der Waals surface area contributed by atoms with E-state index in [1.165, 1.54) is 0 Å². The molecule has 1 rings (SSSR count). The minimum atomic E-state index is -1.04. The lowest BCUT2D eigenvalue weighted by Crippen LogP contribution is -2.47. The van der Waals surface area contributed by atoms with Gasteiger partial charge >= 0.3 is 18.0 Å². The molecule has 0 spiro atoms. The second-order valence-corrected chi connectivity index (χ2v) is 10.6. The molecule has 1 amide bonds. The van der Waals surface area contributed by atoms with Crippen molar-refractivity contribution in [1.29, 1.82) is 0 Å². The number of hydrogen-bond donors (Lipinski definition) is 1. The lowest BCUT2D eigenvalue weighted by molar-refractivity contribution is -0.165. The Labute approximate surface area is 202 Å². The number of hydrogen-bond acceptors (Lipinski definition) is 7. The highest BCUT2D eigenvalue weighted by molar-refractivity contribution is 5.92. The molecule has 2 atom stereocenters. The minimum Gasteiger partial charge on any atom is -0.461 e. The first-order chi connectivity index (χ1) is 15.6. The maximum absolute atomic E-state index is 13.1. The van der Waals surface area contributed by atoms with Crippen LogP contribution in [-0.4, -0.2) is 41.1 Å². The number of amides is 1. The molecule has 8 heteroatoms. The zero-order chi connectivity index (χ0) is 26.1. The van der Waals surface area contributed by atoms with Crippen molar-refractivity contribution in [2.75, 3.05) is 0 Å². The predicted molar refractivity (Wildman–Crippen MR) is 128 cm³/mol. The molecule has 190 valence electrons. The third-order valence-corrected chi connectivity index (χ3v) is 4.53. The van der Waals surface area contributed by atoms with Gasteiger partial charge in [-0.2, -0.15) is 0 Å². The summed E-state index contributed by atoms with van der Waals surface area (Å²) in [4.78, 5) is 50.6. The van der Waals surface area contributed by atoms with Gasteiger partial charge in [0.05, 0.1) is 18.4 Å². The van der Waals surface area contributed by atoms with E-state index in [0.717, 1.165) is 5.56 Å². The summed E-state index contributed by atoms with van der Waals surface area (Å²) >= 11 is 0. The van der Waals surface area contributed by atoms with Gasteiger partial charge in [0.25, 0.3) is 0 Å². The normalized spacial score (nSPS) is 13.6. The summed E-state index contributed by atoms with van der Waals surface area (Å²) in [6.45, 7) is 13.9. The summed E-state index contributed by atoms with van der Waals surface area (Å²) in [5.74, 6) is -2.99. The number of ether oxygens (including phenoxy) is 3. The largest absolute Gasteiger partial charge is 0.461 e. The number of esters is 2. The van der Waals surface area contributed by atoms with Gasteiger partial charge in [-0.1, -0.05) is 44.2 Å². The van der Waals surface area contributed by atoms with Crippen molar-refractivity contribution in [2.45, 2.75) is 92.1 Å². The van der Waals surface area contributed by atoms with Gasteiger partial charge < -0.3 is 19.5 Å². The summed E-state index contributed by atoms with van der Waals surface area (Å²) in [5, 5.41) is 2.59. The molecule has 0 aliphatic carbocycles. The summed E-state index contributed by atoms with van der Waals surface area (Å²) in [6, 6.07) is 8.26. The Morgan fingerprint density at radius 3 is 1.91 bits per heavy atom. The molecule has 8 nitrogen and oxygen atoms in total. The number of Topliss-reactive ketones (excluding diaryl/α,β-unsaturated/α-hetero) is 1. The van der Waals surface area contributed by atoms with E-state index in [0.29, 0.717) is 0 Å². The van der Waals surface area contributed by atoms with E-state index in [-0.39, 0.29) is 25.4 Å². The first kappa shape index (κ1) is 29.1. The van der Waals surface area contributed by atoms with Gasteiger partial charge in [0.15, 0.2) is 5.78 Å². The molecule has 1 N–H and O–H groups in total. The molecule has 0 radical (unpaired) electrons. The molecule has 0 aromatic heterocycles. The quantitative estimate of drug-likeness (QED) is 0.388. The molecule has 0 fully saturated rings. The van der Waals surface area contributed by atoms with Gasteiger partial charge in [0.2, 0.25) is 0 Å². The van der Waals surface area contributed by atoms with Crippen molar-refractivity contribution in [2.24, 2.45) is 11.8 Å². The van der Waals surface area contributed by atoms with Crippen molar-refractivity contribution in [3.63, 3.8) is 0 Å². The first-order valence-electron chi connectivity index (χ1n) is 11.5. The summed E-state index contributed by atoms with van der Waals surface area (Å²) in [6.07, 6.45) is -1.32. The topological polar surface area (TPSA) is 108 Å². The van der Waals surface area contributed by atoms with Crippen LogP contribution in [-0.2, 0) is 35.2 Å². The Balaban J connectivity index is 2.92. The molecular formula is C26H39NO7. The molecule has 0 aliphatic rings. The maximum Gasteiger partial charge on any atom is 0.408 e. The molecule has 0 bridgehead atoms. The van der Waals surface area contributed by atoms with Crippen LogP contribution in [0.3, 0.4) is 0 Å². The average molecular weight is 478 g/mol. The Bertz CT molecular complexity index is 835. The fourth-order valence-corrected chi connectivity index (χ4v) is 3.05. The maximum atomic E-state index is 13.1. The van der Waals surface area contributed by atoms with Crippen LogP contribution < -0.4 is 5.32 Å². The van der Waals surface area contributed by atoms with E-state index in [1.807, 2.05) is 30.3 Å². The summed E-state index contributed by atoms with van der Waals surface area (Å²) in [7, 11) is 0. The number of carbonyl (C=O) groups is 4. The van der Waals surface area contributed by atoms with Gasteiger partial charge in [0, 0.05) is 6.42 Å². The highest BCUT2D eigenvalue weighted by atomic mass is 16.6. The SMILES string of the molecule is CC(C)[C@H](NC(=O)OC(C)(C)C)C(=O)C[C@H](CC(=O)OCc1ccccc1)C(=O)OC(C)(C)C. The molecule has 1 aromatic carbocycles. The molecule has 1 aromatic rings. The van der Waals surface area contributed by atoms with E-state index >= 15 is 0 Å². The van der Waals surface area contributed by atoms with E-state index in [1.54, 1.807) is 55.4 Å². The average Bonchev–Trinajstić information content (AvgIpc) is 2.67. The lowest BCUT2D eigenvalue weighted by atomic mass is 9.90. The Morgan fingerprint density at radius 1 is 0.853 bits per heavy atom. The van der Waals surface area contributed by atoms with Crippen LogP contribution in [0.15, 0.2) is 30.3 Å². The zero-order valence-electron chi connectivity index (χ0n) is 21.6. The minimum absolute atomic E-state index is 0.0590. The van der Waals surface area contributed by atoms with Gasteiger partial charge in [0.1, 0.15) is 17.8 Å². The van der Waals surface area contributed by atoms with Crippen molar-refractivity contribution in [1.82, 2.24) is 5.32 Å². The number of carbonyl (C=O) groups excluding carboxylic acids is 4. The standard InChI is InChI=1S/C26H39NO7/c1-17(2)22(27-24(31)34-26(6,7)8)20(28)14-19(23(30)33-25(3,4)5)15-21(29)32-16-18-12-10-9-11-13-18/h9-13,17,19,22H,14-16H2,1-8H3,(H,27,31)/t19-,22+/m1/s1. The lowest BCUT2D eigenvalue weighted by Gasteiger charge is -2.27. The fourth-order valence-electron chi connectivity index (χ4n) is 3.05. The number of benzene rings is 1. The van der Waals surface area contributed by atoms with Gasteiger partial charge in [-0.25, -0.2) is 4.79 Å². The zero-order valence-corrected chi connectivity index (χ0v) is 21.6. The highest BCUT2D eigenvalue weighted by Gasteiger charge is 2.34. The summed E-state index contributed by atoms with van der Waals surface area (Å²) < 4.78 is 16.0. The van der Waals surface area contributed by atoms with Crippen molar-refractivity contribution in [3.05, 3.63) is 35.9 Å². The van der Waals surface area contributed by atoms with Crippen LogP contribution in [0, 0.1) is 11.8 Å². The number of rotatable bonds is 10. The number of alkyl carbamates (subject to hydrolysis) is 1. The monoisotopic (exact) mass is 477 g/mol. The van der Waals surface area contributed by atoms with Gasteiger partial charge in [-0.05, 0) is 53.0 Å². The van der Waals surface area contributed by atoms with Crippen molar-refractivity contribution in [3.8, 4) is 0 Å². The third-order valence-electron chi connectivity index (χ3n) is 4.53. The van der Waals surface area contributed by atoms with E-state index in [4.69, 9.17) is 14.2 Å².